The molecular weight excluding hydrogens is 417 g/mol. The number of hydrogen-bond donors (Lipinski definition) is 2. The third-order valence-electron chi connectivity index (χ3n) is 5.71. The SMILES string of the molecule is COc1ccc(-c2cc(C(=O)N3N=C4CCCC[C@@H]4[C@@]3(O)C(F)(F)F)[nH]n2)cc1OC. The molecule has 0 radical (unpaired) electrons. The third-order valence-corrected chi connectivity index (χ3v) is 5.71. The van der Waals surface area contributed by atoms with Gasteiger partial charge in [0.15, 0.2) is 11.5 Å². The van der Waals surface area contributed by atoms with E-state index in [1.165, 1.54) is 20.3 Å². The summed E-state index contributed by atoms with van der Waals surface area (Å²) in [5.74, 6) is -1.46. The number of nitrogens with zero attached hydrogens (tertiary/aromatic N) is 3. The molecular formula is C20H21F3N4O4. The maximum Gasteiger partial charge on any atom is 0.439 e. The van der Waals surface area contributed by atoms with Crippen molar-refractivity contribution >= 4 is 11.6 Å². The maximum atomic E-state index is 13.9. The number of H-pyrrole nitrogens is 1. The second kappa shape index (κ2) is 7.56. The molecule has 166 valence electrons. The Balaban J connectivity index is 1.67. The fourth-order valence-electron chi connectivity index (χ4n) is 4.11. The minimum absolute atomic E-state index is 0.110. The Labute approximate surface area is 175 Å². The Morgan fingerprint density at radius 3 is 2.65 bits per heavy atom. The van der Waals surface area contributed by atoms with Crippen molar-refractivity contribution in [1.29, 1.82) is 0 Å². The molecule has 2 atom stereocenters. The van der Waals surface area contributed by atoms with Crippen LogP contribution >= 0.6 is 0 Å². The lowest BCUT2D eigenvalue weighted by Gasteiger charge is -2.37. The number of benzene rings is 1. The second-order valence-corrected chi connectivity index (χ2v) is 7.47. The van der Waals surface area contributed by atoms with Gasteiger partial charge in [-0.2, -0.15) is 28.4 Å². The Kier molecular flexibility index (Phi) is 5.16. The average molecular weight is 438 g/mol. The number of hydrogen-bond acceptors (Lipinski definition) is 6. The number of aromatic amines is 1. The van der Waals surface area contributed by atoms with E-state index in [0.29, 0.717) is 42.0 Å². The molecule has 0 saturated heterocycles. The second-order valence-electron chi connectivity index (χ2n) is 7.47. The number of alkyl halides is 3. The van der Waals surface area contributed by atoms with Crippen molar-refractivity contribution < 1.29 is 32.5 Å². The van der Waals surface area contributed by atoms with Gasteiger partial charge in [-0.15, -0.1) is 0 Å². The zero-order valence-electron chi connectivity index (χ0n) is 16.9. The van der Waals surface area contributed by atoms with Crippen LogP contribution in [0.1, 0.15) is 36.2 Å². The number of aromatic nitrogens is 2. The summed E-state index contributed by atoms with van der Waals surface area (Å²) in [5, 5.41) is 21.2. The Morgan fingerprint density at radius 1 is 1.23 bits per heavy atom. The van der Waals surface area contributed by atoms with Crippen LogP contribution in [0.2, 0.25) is 0 Å². The van der Waals surface area contributed by atoms with E-state index >= 15 is 0 Å². The van der Waals surface area contributed by atoms with Gasteiger partial charge in [0.1, 0.15) is 5.69 Å². The summed E-state index contributed by atoms with van der Waals surface area (Å²) >= 11 is 0. The van der Waals surface area contributed by atoms with E-state index in [2.05, 4.69) is 15.3 Å². The summed E-state index contributed by atoms with van der Waals surface area (Å²) in [4.78, 5) is 13.0. The quantitative estimate of drug-likeness (QED) is 0.763. The van der Waals surface area contributed by atoms with Crippen LogP contribution in [0, 0.1) is 5.92 Å². The molecule has 2 aromatic rings. The maximum absolute atomic E-state index is 13.9. The number of fused-ring (bicyclic) bond motifs is 1. The van der Waals surface area contributed by atoms with Crippen molar-refractivity contribution in [1.82, 2.24) is 15.2 Å². The molecule has 2 N–H and O–H groups in total. The molecule has 2 aliphatic rings. The van der Waals surface area contributed by atoms with Gasteiger partial charge in [-0.3, -0.25) is 9.89 Å². The van der Waals surface area contributed by atoms with E-state index in [9.17, 15) is 23.1 Å². The van der Waals surface area contributed by atoms with Crippen molar-refractivity contribution in [3.63, 3.8) is 0 Å². The van der Waals surface area contributed by atoms with Crippen LogP contribution in [0.5, 0.6) is 11.5 Å². The highest BCUT2D eigenvalue weighted by Crippen LogP contribution is 2.48. The van der Waals surface area contributed by atoms with Crippen LogP contribution < -0.4 is 9.47 Å². The van der Waals surface area contributed by atoms with Crippen LogP contribution in [-0.2, 0) is 0 Å². The topological polar surface area (TPSA) is 100 Å². The normalized spacial score (nSPS) is 23.4. The zero-order valence-corrected chi connectivity index (χ0v) is 16.9. The summed E-state index contributed by atoms with van der Waals surface area (Å²) in [6.07, 6.45) is -3.45. The Morgan fingerprint density at radius 2 is 1.97 bits per heavy atom. The van der Waals surface area contributed by atoms with Gasteiger partial charge in [-0.25, -0.2) is 0 Å². The molecule has 1 aliphatic carbocycles. The van der Waals surface area contributed by atoms with Crippen LogP contribution in [0.25, 0.3) is 11.3 Å². The van der Waals surface area contributed by atoms with Crippen molar-refractivity contribution in [2.75, 3.05) is 14.2 Å². The molecule has 1 fully saturated rings. The Hall–Kier alpha value is -3.08. The molecule has 1 aliphatic heterocycles. The first-order valence-corrected chi connectivity index (χ1v) is 9.69. The first kappa shape index (κ1) is 21.2. The molecule has 0 bridgehead atoms. The zero-order chi connectivity index (χ0) is 22.4. The smallest absolute Gasteiger partial charge is 0.439 e. The van der Waals surface area contributed by atoms with Crippen molar-refractivity contribution in [3.05, 3.63) is 30.0 Å². The highest BCUT2D eigenvalue weighted by molar-refractivity contribution is 5.99. The van der Waals surface area contributed by atoms with Crippen LogP contribution in [0.3, 0.4) is 0 Å². The fraction of sp³-hybridized carbons (Fsp3) is 0.450. The van der Waals surface area contributed by atoms with E-state index in [0.717, 1.165) is 0 Å². The van der Waals surface area contributed by atoms with Gasteiger partial charge in [0.05, 0.1) is 25.8 Å². The summed E-state index contributed by atoms with van der Waals surface area (Å²) in [5.41, 5.74) is -2.55. The van der Waals surface area contributed by atoms with Gasteiger partial charge in [-0.05, 0) is 43.5 Å². The molecule has 1 amide bonds. The number of nitrogens with one attached hydrogen (secondary N) is 1. The predicted octanol–water partition coefficient (Wildman–Crippen LogP) is 3.35. The number of carbonyl (C=O) groups is 1. The number of halogens is 3. The lowest BCUT2D eigenvalue weighted by molar-refractivity contribution is -0.312. The van der Waals surface area contributed by atoms with Gasteiger partial charge in [0.25, 0.3) is 11.6 Å². The first-order valence-electron chi connectivity index (χ1n) is 9.69. The molecule has 31 heavy (non-hydrogen) atoms. The number of hydrazone groups is 1. The minimum atomic E-state index is -5.07. The van der Waals surface area contributed by atoms with E-state index in [1.54, 1.807) is 18.2 Å². The summed E-state index contributed by atoms with van der Waals surface area (Å²) in [6.45, 7) is 0. The molecule has 8 nitrogen and oxygen atoms in total. The lowest BCUT2D eigenvalue weighted by Crippen LogP contribution is -2.61. The number of amides is 1. The van der Waals surface area contributed by atoms with Gasteiger partial charge < -0.3 is 14.6 Å². The number of methoxy groups -OCH3 is 2. The first-order chi connectivity index (χ1) is 14.7. The van der Waals surface area contributed by atoms with Crippen LogP contribution in [0.4, 0.5) is 13.2 Å². The summed E-state index contributed by atoms with van der Waals surface area (Å²) in [7, 11) is 2.95. The minimum Gasteiger partial charge on any atom is -0.493 e. The fourth-order valence-corrected chi connectivity index (χ4v) is 4.11. The average Bonchev–Trinajstić information content (AvgIpc) is 3.37. The predicted molar refractivity (Wildman–Crippen MR) is 104 cm³/mol. The summed E-state index contributed by atoms with van der Waals surface area (Å²) in [6, 6.07) is 6.24. The van der Waals surface area contributed by atoms with Crippen molar-refractivity contribution in [2.45, 2.75) is 37.6 Å². The number of carbonyl (C=O) groups excluding carboxylic acids is 1. The monoisotopic (exact) mass is 438 g/mol. The lowest BCUT2D eigenvalue weighted by atomic mass is 9.80. The van der Waals surface area contributed by atoms with Gasteiger partial charge >= 0.3 is 6.18 Å². The van der Waals surface area contributed by atoms with Crippen molar-refractivity contribution in [3.8, 4) is 22.8 Å². The largest absolute Gasteiger partial charge is 0.493 e. The molecule has 1 aromatic heterocycles. The van der Waals surface area contributed by atoms with E-state index in [1.807, 2.05) is 0 Å². The van der Waals surface area contributed by atoms with E-state index in [-0.39, 0.29) is 22.8 Å². The van der Waals surface area contributed by atoms with Gasteiger partial charge in [0.2, 0.25) is 0 Å². The molecule has 1 saturated carbocycles. The van der Waals surface area contributed by atoms with Gasteiger partial charge in [-0.1, -0.05) is 6.42 Å². The van der Waals surface area contributed by atoms with Crippen molar-refractivity contribution in [2.24, 2.45) is 11.0 Å². The highest BCUT2D eigenvalue weighted by atomic mass is 19.4. The standard InChI is InChI=1S/C20H21F3N4O4/c1-30-16-8-7-11(9-17(16)31-2)14-10-15(25-24-14)18(28)27-19(29,20(21,22)23)12-5-3-4-6-13(12)26-27/h7-10,12,29H,3-6H2,1-2H3,(H,24,25)/t12-,19+/m0/s1. The molecule has 4 rings (SSSR count). The van der Waals surface area contributed by atoms with Crippen LogP contribution in [-0.4, -0.2) is 58.1 Å². The molecule has 1 aromatic carbocycles. The number of aliphatic hydroxyl groups is 1. The molecule has 0 spiro atoms. The number of rotatable bonds is 4. The molecule has 11 heteroatoms. The molecule has 2 heterocycles. The number of ether oxygens (including phenoxy) is 2. The van der Waals surface area contributed by atoms with E-state index in [4.69, 9.17) is 9.47 Å². The van der Waals surface area contributed by atoms with E-state index < -0.39 is 23.7 Å². The highest BCUT2D eigenvalue weighted by Gasteiger charge is 2.68. The Bertz CT molecular complexity index is 1040. The van der Waals surface area contributed by atoms with Gasteiger partial charge in [0, 0.05) is 11.3 Å². The molecule has 0 unspecified atom stereocenters. The summed E-state index contributed by atoms with van der Waals surface area (Å²) < 4.78 is 52.1. The third kappa shape index (κ3) is 3.32. The van der Waals surface area contributed by atoms with Crippen LogP contribution in [0.15, 0.2) is 29.4 Å².